The SMILES string of the molecule is Cc1cc(C(c2cc(C)c(O)cc2O)C(C)C)c(C)cc1O. The highest BCUT2D eigenvalue weighted by molar-refractivity contribution is 5.52. The first-order chi connectivity index (χ1) is 10.2. The zero-order valence-corrected chi connectivity index (χ0v) is 13.8. The Hall–Kier alpha value is -2.16. The Balaban J connectivity index is 2.67. The van der Waals surface area contributed by atoms with E-state index in [4.69, 9.17) is 0 Å². The first-order valence-corrected chi connectivity index (χ1v) is 7.55. The van der Waals surface area contributed by atoms with Crippen molar-refractivity contribution in [3.63, 3.8) is 0 Å². The molecule has 0 saturated carbocycles. The number of hydrogen-bond acceptors (Lipinski definition) is 3. The Morgan fingerprint density at radius 2 is 1.14 bits per heavy atom. The fraction of sp³-hybridized carbons (Fsp3) is 0.368. The predicted molar refractivity (Wildman–Crippen MR) is 88.8 cm³/mol. The van der Waals surface area contributed by atoms with Crippen molar-refractivity contribution >= 4 is 0 Å². The Morgan fingerprint density at radius 1 is 0.636 bits per heavy atom. The molecule has 0 aliphatic carbocycles. The minimum atomic E-state index is -0.00130. The van der Waals surface area contributed by atoms with E-state index in [0.29, 0.717) is 0 Å². The van der Waals surface area contributed by atoms with Gasteiger partial charge in [0, 0.05) is 17.5 Å². The van der Waals surface area contributed by atoms with Gasteiger partial charge in [-0.3, -0.25) is 0 Å². The average molecular weight is 300 g/mol. The Labute approximate surface area is 131 Å². The zero-order chi connectivity index (χ0) is 16.6. The lowest BCUT2D eigenvalue weighted by atomic mass is 9.79. The largest absolute Gasteiger partial charge is 0.508 e. The second-order valence-corrected chi connectivity index (χ2v) is 6.41. The lowest BCUT2D eigenvalue weighted by Gasteiger charge is -2.26. The highest BCUT2D eigenvalue weighted by Gasteiger charge is 2.24. The molecule has 2 aromatic rings. The molecular formula is C19H24O3. The first kappa shape index (κ1) is 16.2. The van der Waals surface area contributed by atoms with Gasteiger partial charge in [-0.15, -0.1) is 0 Å². The van der Waals surface area contributed by atoms with Crippen molar-refractivity contribution in [1.29, 1.82) is 0 Å². The van der Waals surface area contributed by atoms with Crippen LogP contribution in [-0.4, -0.2) is 15.3 Å². The molecule has 22 heavy (non-hydrogen) atoms. The summed E-state index contributed by atoms with van der Waals surface area (Å²) in [5, 5.41) is 29.9. The monoisotopic (exact) mass is 300 g/mol. The number of phenolic OH excluding ortho intramolecular Hbond substituents is 3. The van der Waals surface area contributed by atoms with E-state index in [9.17, 15) is 15.3 Å². The van der Waals surface area contributed by atoms with Crippen LogP contribution in [0.15, 0.2) is 24.3 Å². The third-order valence-electron chi connectivity index (χ3n) is 4.27. The fourth-order valence-electron chi connectivity index (χ4n) is 3.00. The molecule has 2 rings (SSSR count). The first-order valence-electron chi connectivity index (χ1n) is 7.55. The minimum absolute atomic E-state index is 0.00130. The summed E-state index contributed by atoms with van der Waals surface area (Å²) in [4.78, 5) is 0. The maximum Gasteiger partial charge on any atom is 0.123 e. The Bertz CT molecular complexity index is 645. The van der Waals surface area contributed by atoms with Crippen LogP contribution in [0.1, 0.15) is 47.6 Å². The molecule has 0 saturated heterocycles. The summed E-state index contributed by atoms with van der Waals surface area (Å²) in [6.45, 7) is 9.87. The average Bonchev–Trinajstić information content (AvgIpc) is 2.41. The number of hydrogen-bond donors (Lipinski definition) is 3. The van der Waals surface area contributed by atoms with Crippen molar-refractivity contribution in [2.24, 2.45) is 5.92 Å². The molecule has 0 bridgehead atoms. The van der Waals surface area contributed by atoms with Crippen molar-refractivity contribution in [1.82, 2.24) is 0 Å². The summed E-state index contributed by atoms with van der Waals surface area (Å²) in [5.41, 5.74) is 4.45. The second-order valence-electron chi connectivity index (χ2n) is 6.41. The highest BCUT2D eigenvalue weighted by Crippen LogP contribution is 2.41. The van der Waals surface area contributed by atoms with Gasteiger partial charge in [-0.25, -0.2) is 0 Å². The van der Waals surface area contributed by atoms with E-state index in [1.54, 1.807) is 6.07 Å². The van der Waals surface area contributed by atoms with Crippen LogP contribution in [0.3, 0.4) is 0 Å². The van der Waals surface area contributed by atoms with Crippen LogP contribution < -0.4 is 0 Å². The minimum Gasteiger partial charge on any atom is -0.508 e. The molecule has 3 nitrogen and oxygen atoms in total. The van der Waals surface area contributed by atoms with E-state index in [2.05, 4.69) is 13.8 Å². The molecule has 0 aromatic heterocycles. The molecule has 2 aromatic carbocycles. The third-order valence-corrected chi connectivity index (χ3v) is 4.27. The molecule has 0 amide bonds. The van der Waals surface area contributed by atoms with E-state index in [-0.39, 0.29) is 29.1 Å². The maximum absolute atomic E-state index is 10.3. The van der Waals surface area contributed by atoms with E-state index in [0.717, 1.165) is 27.8 Å². The molecule has 0 radical (unpaired) electrons. The van der Waals surface area contributed by atoms with Gasteiger partial charge in [0.25, 0.3) is 0 Å². The molecule has 0 aliphatic heterocycles. The summed E-state index contributed by atoms with van der Waals surface area (Å²) in [6.07, 6.45) is 0. The Morgan fingerprint density at radius 3 is 1.68 bits per heavy atom. The normalized spacial score (nSPS) is 12.6. The molecule has 1 atom stereocenters. The molecule has 3 heteroatoms. The van der Waals surface area contributed by atoms with E-state index in [1.165, 1.54) is 6.07 Å². The summed E-state index contributed by atoms with van der Waals surface area (Å²) in [5.74, 6) is 0.750. The second kappa shape index (κ2) is 5.91. The predicted octanol–water partition coefficient (Wildman–Crippen LogP) is 4.52. The van der Waals surface area contributed by atoms with Crippen molar-refractivity contribution < 1.29 is 15.3 Å². The highest BCUT2D eigenvalue weighted by atomic mass is 16.3. The van der Waals surface area contributed by atoms with Gasteiger partial charge >= 0.3 is 0 Å². The third kappa shape index (κ3) is 2.89. The van der Waals surface area contributed by atoms with E-state index < -0.39 is 0 Å². The number of phenols is 3. The van der Waals surface area contributed by atoms with Crippen LogP contribution in [0.4, 0.5) is 0 Å². The topological polar surface area (TPSA) is 60.7 Å². The van der Waals surface area contributed by atoms with Crippen molar-refractivity contribution in [3.8, 4) is 17.2 Å². The van der Waals surface area contributed by atoms with Crippen LogP contribution in [-0.2, 0) is 0 Å². The molecule has 0 spiro atoms. The van der Waals surface area contributed by atoms with E-state index >= 15 is 0 Å². The van der Waals surface area contributed by atoms with Crippen LogP contribution in [0.2, 0.25) is 0 Å². The molecule has 118 valence electrons. The molecule has 0 fully saturated rings. The summed E-state index contributed by atoms with van der Waals surface area (Å²) in [7, 11) is 0. The fourth-order valence-corrected chi connectivity index (χ4v) is 3.00. The number of rotatable bonds is 3. The van der Waals surface area contributed by atoms with Crippen molar-refractivity contribution in [3.05, 3.63) is 52.1 Å². The molecular weight excluding hydrogens is 276 g/mol. The number of benzene rings is 2. The summed E-state index contributed by atoms with van der Waals surface area (Å²) < 4.78 is 0. The van der Waals surface area contributed by atoms with Crippen molar-refractivity contribution in [2.75, 3.05) is 0 Å². The van der Waals surface area contributed by atoms with Gasteiger partial charge in [-0.05, 0) is 61.1 Å². The molecule has 3 N–H and O–H groups in total. The maximum atomic E-state index is 10.3. The van der Waals surface area contributed by atoms with Crippen molar-refractivity contribution in [2.45, 2.75) is 40.5 Å². The van der Waals surface area contributed by atoms with Crippen LogP contribution in [0.25, 0.3) is 0 Å². The van der Waals surface area contributed by atoms with E-state index in [1.807, 2.05) is 32.9 Å². The van der Waals surface area contributed by atoms with Gasteiger partial charge in [0.1, 0.15) is 17.2 Å². The van der Waals surface area contributed by atoms with Gasteiger partial charge < -0.3 is 15.3 Å². The van der Waals surface area contributed by atoms with Gasteiger partial charge in [0.2, 0.25) is 0 Å². The van der Waals surface area contributed by atoms with Gasteiger partial charge in [0.05, 0.1) is 0 Å². The summed E-state index contributed by atoms with van der Waals surface area (Å²) >= 11 is 0. The van der Waals surface area contributed by atoms with Crippen LogP contribution in [0.5, 0.6) is 17.2 Å². The van der Waals surface area contributed by atoms with Gasteiger partial charge in [0.15, 0.2) is 0 Å². The lowest BCUT2D eigenvalue weighted by molar-refractivity contribution is 0.433. The van der Waals surface area contributed by atoms with Crippen LogP contribution >= 0.6 is 0 Å². The molecule has 0 heterocycles. The van der Waals surface area contributed by atoms with Gasteiger partial charge in [-0.1, -0.05) is 19.9 Å². The van der Waals surface area contributed by atoms with Gasteiger partial charge in [-0.2, -0.15) is 0 Å². The number of aryl methyl sites for hydroxylation is 3. The standard InChI is InChI=1S/C19H24O3/c1-10(2)19(14-6-12(4)16(20)8-11(14)3)15-7-13(5)17(21)9-18(15)22/h6-10,19-22H,1-5H3. The zero-order valence-electron chi connectivity index (χ0n) is 13.8. The smallest absolute Gasteiger partial charge is 0.123 e. The quantitative estimate of drug-likeness (QED) is 0.781. The molecule has 1 unspecified atom stereocenters. The lowest BCUT2D eigenvalue weighted by Crippen LogP contribution is -2.11. The number of aromatic hydroxyl groups is 3. The Kier molecular flexibility index (Phi) is 4.36. The van der Waals surface area contributed by atoms with Crippen LogP contribution in [0, 0.1) is 26.7 Å². The summed E-state index contributed by atoms with van der Waals surface area (Å²) in [6, 6.07) is 7.00. The molecule has 0 aliphatic rings.